The van der Waals surface area contributed by atoms with Crippen LogP contribution in [0.15, 0.2) is 0 Å². The highest BCUT2D eigenvalue weighted by molar-refractivity contribution is 7.22. The third-order valence-corrected chi connectivity index (χ3v) is 8.80. The molecule has 0 aliphatic carbocycles. The Hall–Kier alpha value is 1.01. The van der Waals surface area contributed by atoms with E-state index in [9.17, 15) is 0 Å². The SMILES string of the molecule is CCCCCCC(C[Si](C)(C)Cl)[Si](C)(C)Cl. The van der Waals surface area contributed by atoms with Gasteiger partial charge in [0, 0.05) is 0 Å². The molecule has 0 saturated carbocycles. The van der Waals surface area contributed by atoms with E-state index in [-0.39, 0.29) is 0 Å². The lowest BCUT2D eigenvalue weighted by molar-refractivity contribution is 0.617. The molecule has 4 heteroatoms. The van der Waals surface area contributed by atoms with Crippen LogP contribution in [0.3, 0.4) is 0 Å². The van der Waals surface area contributed by atoms with Crippen LogP contribution in [0.25, 0.3) is 0 Å². The highest BCUT2D eigenvalue weighted by atomic mass is 35.6. The highest BCUT2D eigenvalue weighted by Gasteiger charge is 2.34. The first-order valence-corrected chi connectivity index (χ1v) is 14.9. The van der Waals surface area contributed by atoms with Crippen molar-refractivity contribution < 1.29 is 0 Å². The monoisotopic (exact) mass is 298 g/mol. The molecule has 0 rings (SSSR count). The Kier molecular flexibility index (Phi) is 7.92. The van der Waals surface area contributed by atoms with Crippen LogP contribution in [-0.2, 0) is 0 Å². The second-order valence-corrected chi connectivity index (χ2v) is 19.8. The molecule has 98 valence electrons. The summed E-state index contributed by atoms with van der Waals surface area (Å²) < 4.78 is 0. The van der Waals surface area contributed by atoms with E-state index in [1.165, 1.54) is 38.1 Å². The molecule has 0 bridgehead atoms. The summed E-state index contributed by atoms with van der Waals surface area (Å²) in [6, 6.07) is 1.20. The van der Waals surface area contributed by atoms with Crippen molar-refractivity contribution in [2.75, 3.05) is 0 Å². The zero-order valence-corrected chi connectivity index (χ0v) is 15.1. The largest absolute Gasteiger partial charge is 0.168 e. The zero-order valence-electron chi connectivity index (χ0n) is 11.6. The van der Waals surface area contributed by atoms with Gasteiger partial charge in [-0.15, -0.1) is 0 Å². The second kappa shape index (κ2) is 7.45. The van der Waals surface area contributed by atoms with Crippen LogP contribution in [0.2, 0.25) is 37.8 Å². The number of hydrogen-bond acceptors (Lipinski definition) is 0. The Bertz CT molecular complexity index is 182. The topological polar surface area (TPSA) is 0 Å². The van der Waals surface area contributed by atoms with Gasteiger partial charge in [0.1, 0.15) is 0 Å². The normalized spacial score (nSPS) is 15.2. The summed E-state index contributed by atoms with van der Waals surface area (Å²) >= 11 is 13.1. The molecule has 0 amide bonds. The van der Waals surface area contributed by atoms with Gasteiger partial charge < -0.3 is 0 Å². The van der Waals surface area contributed by atoms with Crippen molar-refractivity contribution in [2.24, 2.45) is 0 Å². The molecule has 0 aromatic heterocycles. The molecule has 0 saturated heterocycles. The predicted molar refractivity (Wildman–Crippen MR) is 84.0 cm³/mol. The summed E-state index contributed by atoms with van der Waals surface area (Å²) in [6.07, 6.45) is 6.66. The van der Waals surface area contributed by atoms with Crippen LogP contribution < -0.4 is 0 Å². The number of unbranched alkanes of at least 4 members (excludes halogenated alkanes) is 3. The molecule has 1 atom stereocenters. The van der Waals surface area contributed by atoms with Crippen molar-refractivity contribution in [3.05, 3.63) is 0 Å². The van der Waals surface area contributed by atoms with Gasteiger partial charge in [0.2, 0.25) is 0 Å². The Morgan fingerprint density at radius 1 is 0.938 bits per heavy atom. The minimum atomic E-state index is -1.53. The van der Waals surface area contributed by atoms with E-state index >= 15 is 0 Å². The smallest absolute Gasteiger partial charge is 0.153 e. The lowest BCUT2D eigenvalue weighted by Gasteiger charge is -2.30. The predicted octanol–water partition coefficient (Wildman–Crippen LogP) is 6.21. The molecule has 0 aliphatic heterocycles. The first-order valence-electron chi connectivity index (χ1n) is 6.54. The third kappa shape index (κ3) is 9.09. The zero-order chi connectivity index (χ0) is 12.8. The van der Waals surface area contributed by atoms with Gasteiger partial charge in [0.15, 0.2) is 14.8 Å². The van der Waals surface area contributed by atoms with Crippen molar-refractivity contribution in [3.8, 4) is 0 Å². The van der Waals surface area contributed by atoms with Gasteiger partial charge in [-0.3, -0.25) is 0 Å². The van der Waals surface area contributed by atoms with Gasteiger partial charge in [-0.25, -0.2) is 0 Å². The summed E-state index contributed by atoms with van der Waals surface area (Å²) in [7, 11) is -3.01. The molecule has 0 aromatic rings. The molecule has 0 N–H and O–H groups in total. The van der Waals surface area contributed by atoms with Crippen molar-refractivity contribution in [1.82, 2.24) is 0 Å². The van der Waals surface area contributed by atoms with Crippen molar-refractivity contribution in [3.63, 3.8) is 0 Å². The van der Waals surface area contributed by atoms with Crippen LogP contribution >= 0.6 is 22.2 Å². The Labute approximate surface area is 114 Å². The molecular weight excluding hydrogens is 271 g/mol. The number of hydrogen-bond donors (Lipinski definition) is 0. The number of rotatable bonds is 8. The molecule has 0 radical (unpaired) electrons. The van der Waals surface area contributed by atoms with Crippen LogP contribution in [-0.4, -0.2) is 14.8 Å². The summed E-state index contributed by atoms with van der Waals surface area (Å²) in [5.74, 6) is 0. The molecule has 0 aromatic carbocycles. The van der Waals surface area contributed by atoms with Gasteiger partial charge in [0.25, 0.3) is 0 Å². The molecule has 16 heavy (non-hydrogen) atoms. The van der Waals surface area contributed by atoms with E-state index in [1.807, 2.05) is 0 Å². The third-order valence-electron chi connectivity index (χ3n) is 3.11. The molecule has 0 spiro atoms. The van der Waals surface area contributed by atoms with E-state index in [0.717, 1.165) is 0 Å². The summed E-state index contributed by atoms with van der Waals surface area (Å²) in [6.45, 7) is 11.3. The van der Waals surface area contributed by atoms with Crippen molar-refractivity contribution in [2.45, 2.75) is 76.8 Å². The summed E-state index contributed by atoms with van der Waals surface area (Å²) in [5.41, 5.74) is 0.713. The van der Waals surface area contributed by atoms with Crippen LogP contribution in [0.1, 0.15) is 39.0 Å². The molecule has 1 unspecified atom stereocenters. The lowest BCUT2D eigenvalue weighted by atomic mass is 10.1. The average Bonchev–Trinajstić information content (AvgIpc) is 2.06. The quantitative estimate of drug-likeness (QED) is 0.284. The van der Waals surface area contributed by atoms with Gasteiger partial charge >= 0.3 is 0 Å². The minimum Gasteiger partial charge on any atom is -0.168 e. The molecule has 0 aliphatic rings. The van der Waals surface area contributed by atoms with Crippen LogP contribution in [0.5, 0.6) is 0 Å². The van der Waals surface area contributed by atoms with Crippen LogP contribution in [0.4, 0.5) is 0 Å². The maximum absolute atomic E-state index is 6.62. The fraction of sp³-hybridized carbons (Fsp3) is 1.00. The van der Waals surface area contributed by atoms with Gasteiger partial charge in [-0.1, -0.05) is 65.2 Å². The fourth-order valence-corrected chi connectivity index (χ4v) is 9.80. The molecule has 0 heterocycles. The number of halogens is 2. The molecular formula is C12H28Cl2Si2. The van der Waals surface area contributed by atoms with Gasteiger partial charge in [0.05, 0.1) is 0 Å². The van der Waals surface area contributed by atoms with E-state index in [0.29, 0.717) is 5.54 Å². The lowest BCUT2D eigenvalue weighted by Crippen LogP contribution is -2.31. The Morgan fingerprint density at radius 2 is 1.50 bits per heavy atom. The Morgan fingerprint density at radius 3 is 1.88 bits per heavy atom. The van der Waals surface area contributed by atoms with E-state index in [1.54, 1.807) is 0 Å². The summed E-state index contributed by atoms with van der Waals surface area (Å²) in [4.78, 5) is 0. The van der Waals surface area contributed by atoms with Crippen molar-refractivity contribution in [1.29, 1.82) is 0 Å². The van der Waals surface area contributed by atoms with E-state index in [2.05, 4.69) is 33.1 Å². The van der Waals surface area contributed by atoms with Gasteiger partial charge in [-0.2, -0.15) is 22.2 Å². The maximum atomic E-state index is 6.62. The molecule has 0 fully saturated rings. The minimum absolute atomic E-state index is 0.713. The molecule has 0 nitrogen and oxygen atoms in total. The second-order valence-electron chi connectivity index (χ2n) is 6.03. The first-order chi connectivity index (χ1) is 7.17. The van der Waals surface area contributed by atoms with Crippen molar-refractivity contribution >= 4 is 36.9 Å². The maximum Gasteiger partial charge on any atom is 0.153 e. The first kappa shape index (κ1) is 17.0. The van der Waals surface area contributed by atoms with Gasteiger partial charge in [-0.05, 0) is 11.6 Å². The summed E-state index contributed by atoms with van der Waals surface area (Å²) in [5, 5.41) is 0. The van der Waals surface area contributed by atoms with Crippen LogP contribution in [0, 0.1) is 0 Å². The standard InChI is InChI=1S/C12H28Cl2Si2/c1-6-7-8-9-10-12(16(4,5)14)11-15(2,3)13/h12H,6-11H2,1-5H3. The fourth-order valence-electron chi connectivity index (χ4n) is 2.09. The van der Waals surface area contributed by atoms with E-state index in [4.69, 9.17) is 22.2 Å². The van der Waals surface area contributed by atoms with E-state index < -0.39 is 14.8 Å². The Balaban J connectivity index is 4.13. The highest BCUT2D eigenvalue weighted by Crippen LogP contribution is 2.39. The average molecular weight is 299 g/mol.